The minimum Gasteiger partial charge on any atom is -0.317 e. The van der Waals surface area contributed by atoms with Gasteiger partial charge in [-0.25, -0.2) is 0 Å². The van der Waals surface area contributed by atoms with Crippen LogP contribution in [0.4, 0.5) is 5.82 Å². The summed E-state index contributed by atoms with van der Waals surface area (Å²) < 4.78 is 3.43. The van der Waals surface area contributed by atoms with Crippen molar-refractivity contribution in [3.63, 3.8) is 0 Å². The van der Waals surface area contributed by atoms with Gasteiger partial charge in [0, 0.05) is 25.5 Å². The number of carbonyl (C=O) groups excluding carboxylic acids is 1. The second-order valence-electron chi connectivity index (χ2n) is 5.03. The molecule has 1 amide bonds. The van der Waals surface area contributed by atoms with E-state index in [1.807, 2.05) is 12.3 Å². The number of carbonyl (C=O) groups is 1. The van der Waals surface area contributed by atoms with E-state index in [0.717, 1.165) is 25.9 Å². The molecule has 3 rings (SSSR count). The number of hydrogen-bond acceptors (Lipinski definition) is 4. The van der Waals surface area contributed by atoms with Crippen molar-refractivity contribution >= 4 is 11.7 Å². The van der Waals surface area contributed by atoms with E-state index in [1.54, 1.807) is 34.9 Å². The quantitative estimate of drug-likeness (QED) is 0.846. The van der Waals surface area contributed by atoms with Gasteiger partial charge in [-0.3, -0.25) is 14.2 Å². The van der Waals surface area contributed by atoms with Crippen molar-refractivity contribution in [3.05, 3.63) is 30.7 Å². The van der Waals surface area contributed by atoms with Crippen molar-refractivity contribution in [3.8, 4) is 0 Å². The average Bonchev–Trinajstić information content (AvgIpc) is 3.12. The Balaban J connectivity index is 1.90. The fraction of sp³-hybridized carbons (Fsp3) is 0.462. The number of rotatable bonds is 3. The molecule has 3 heterocycles. The zero-order valence-corrected chi connectivity index (χ0v) is 11.4. The van der Waals surface area contributed by atoms with Crippen molar-refractivity contribution in [2.75, 3.05) is 18.4 Å². The molecule has 1 fully saturated rings. The van der Waals surface area contributed by atoms with Gasteiger partial charge in [0.2, 0.25) is 0 Å². The summed E-state index contributed by atoms with van der Waals surface area (Å²) in [7, 11) is 1.80. The van der Waals surface area contributed by atoms with Gasteiger partial charge in [0.15, 0.2) is 0 Å². The first-order valence-corrected chi connectivity index (χ1v) is 6.73. The van der Waals surface area contributed by atoms with Crippen molar-refractivity contribution in [1.29, 1.82) is 0 Å². The van der Waals surface area contributed by atoms with Crippen LogP contribution in [-0.2, 0) is 17.4 Å². The molecule has 0 unspecified atom stereocenters. The number of nitrogens with zero attached hydrogens (tertiary/aromatic N) is 4. The molecular weight excluding hydrogens is 256 g/mol. The molecule has 7 heteroatoms. The Morgan fingerprint density at radius 3 is 2.75 bits per heavy atom. The van der Waals surface area contributed by atoms with Gasteiger partial charge in [0.05, 0.1) is 6.20 Å². The molecule has 7 nitrogen and oxygen atoms in total. The van der Waals surface area contributed by atoms with E-state index in [4.69, 9.17) is 0 Å². The maximum Gasteiger partial charge on any atom is 0.253 e. The predicted octanol–water partition coefficient (Wildman–Crippen LogP) is 0.334. The molecule has 0 aliphatic carbocycles. The number of aryl methyl sites for hydroxylation is 1. The maximum absolute atomic E-state index is 12.8. The first kappa shape index (κ1) is 12.9. The minimum absolute atomic E-state index is 0.0358. The average molecular weight is 274 g/mol. The molecule has 2 aromatic heterocycles. The minimum atomic E-state index is -0.626. The Labute approximate surface area is 117 Å². The van der Waals surface area contributed by atoms with Gasteiger partial charge in [-0.15, -0.1) is 0 Å². The molecule has 2 N–H and O–H groups in total. The molecule has 20 heavy (non-hydrogen) atoms. The molecular formula is C13H18N6O. The zero-order chi connectivity index (χ0) is 14.0. The highest BCUT2D eigenvalue weighted by Crippen LogP contribution is 2.28. The van der Waals surface area contributed by atoms with Gasteiger partial charge in [-0.1, -0.05) is 0 Å². The van der Waals surface area contributed by atoms with E-state index in [9.17, 15) is 4.79 Å². The van der Waals surface area contributed by atoms with E-state index in [2.05, 4.69) is 20.8 Å². The Hall–Kier alpha value is -2.15. The van der Waals surface area contributed by atoms with Gasteiger partial charge in [0.25, 0.3) is 5.91 Å². The third-order valence-corrected chi connectivity index (χ3v) is 3.86. The molecule has 0 radical (unpaired) electrons. The van der Waals surface area contributed by atoms with Gasteiger partial charge < -0.3 is 10.6 Å². The topological polar surface area (TPSA) is 76.8 Å². The van der Waals surface area contributed by atoms with Crippen molar-refractivity contribution in [2.45, 2.75) is 18.4 Å². The summed E-state index contributed by atoms with van der Waals surface area (Å²) in [6.45, 7) is 1.61. The first-order valence-electron chi connectivity index (χ1n) is 6.73. The van der Waals surface area contributed by atoms with Crippen LogP contribution in [0.15, 0.2) is 30.7 Å². The molecule has 106 valence electrons. The smallest absolute Gasteiger partial charge is 0.253 e. The van der Waals surface area contributed by atoms with Gasteiger partial charge >= 0.3 is 0 Å². The van der Waals surface area contributed by atoms with E-state index >= 15 is 0 Å². The number of aromatic nitrogens is 4. The number of amides is 1. The van der Waals surface area contributed by atoms with Crippen molar-refractivity contribution < 1.29 is 4.79 Å². The lowest BCUT2D eigenvalue weighted by Gasteiger charge is -2.36. The molecule has 0 spiro atoms. The highest BCUT2D eigenvalue weighted by atomic mass is 16.2. The van der Waals surface area contributed by atoms with Crippen LogP contribution in [0, 0.1) is 0 Å². The summed E-state index contributed by atoms with van der Waals surface area (Å²) in [6, 6.07) is 3.64. The van der Waals surface area contributed by atoms with E-state index in [-0.39, 0.29) is 5.91 Å². The Kier molecular flexibility index (Phi) is 3.27. The van der Waals surface area contributed by atoms with E-state index in [1.165, 1.54) is 0 Å². The molecule has 1 aliphatic heterocycles. The number of anilines is 1. The third kappa shape index (κ3) is 2.09. The highest BCUT2D eigenvalue weighted by molar-refractivity contribution is 5.96. The lowest BCUT2D eigenvalue weighted by atomic mass is 9.87. The van der Waals surface area contributed by atoms with Crippen molar-refractivity contribution in [1.82, 2.24) is 24.9 Å². The summed E-state index contributed by atoms with van der Waals surface area (Å²) in [4.78, 5) is 12.8. The van der Waals surface area contributed by atoms with E-state index < -0.39 is 5.54 Å². The van der Waals surface area contributed by atoms with Crippen molar-refractivity contribution in [2.24, 2.45) is 7.05 Å². The van der Waals surface area contributed by atoms with Crippen LogP contribution in [0.25, 0.3) is 0 Å². The zero-order valence-electron chi connectivity index (χ0n) is 11.4. The van der Waals surface area contributed by atoms with Crippen LogP contribution in [0.5, 0.6) is 0 Å². The van der Waals surface area contributed by atoms with Gasteiger partial charge in [-0.2, -0.15) is 10.2 Å². The van der Waals surface area contributed by atoms with Crippen LogP contribution in [0.2, 0.25) is 0 Å². The fourth-order valence-electron chi connectivity index (χ4n) is 2.65. The van der Waals surface area contributed by atoms with Gasteiger partial charge in [-0.05, 0) is 32.0 Å². The van der Waals surface area contributed by atoms with Crippen LogP contribution < -0.4 is 10.6 Å². The predicted molar refractivity (Wildman–Crippen MR) is 74.1 cm³/mol. The second-order valence-corrected chi connectivity index (χ2v) is 5.03. The number of piperidine rings is 1. The molecule has 1 saturated heterocycles. The summed E-state index contributed by atoms with van der Waals surface area (Å²) in [6.07, 6.45) is 6.67. The van der Waals surface area contributed by atoms with Crippen LogP contribution in [0.3, 0.4) is 0 Å². The normalized spacial score (nSPS) is 17.9. The molecule has 0 aromatic carbocycles. The van der Waals surface area contributed by atoms with E-state index in [0.29, 0.717) is 5.82 Å². The number of hydrogen-bond donors (Lipinski definition) is 2. The fourth-order valence-corrected chi connectivity index (χ4v) is 2.65. The van der Waals surface area contributed by atoms with Crippen LogP contribution in [0.1, 0.15) is 12.8 Å². The Morgan fingerprint density at radius 1 is 1.35 bits per heavy atom. The number of nitrogens with one attached hydrogen (secondary N) is 2. The molecule has 0 atom stereocenters. The van der Waals surface area contributed by atoms with Gasteiger partial charge in [0.1, 0.15) is 11.4 Å². The maximum atomic E-state index is 12.8. The first-order chi connectivity index (χ1) is 9.72. The Morgan fingerprint density at radius 2 is 2.15 bits per heavy atom. The molecule has 2 aromatic rings. The highest BCUT2D eigenvalue weighted by Gasteiger charge is 2.42. The monoisotopic (exact) mass is 274 g/mol. The summed E-state index contributed by atoms with van der Waals surface area (Å²) in [5, 5.41) is 14.6. The second kappa shape index (κ2) is 5.09. The standard InChI is InChI=1S/C13H18N6O/c1-18-11(3-7-15-18)17-12(20)13(4-8-14-9-5-13)19-10-2-6-16-19/h2-3,6-7,10,14H,4-5,8-9H2,1H3,(H,17,20). The largest absolute Gasteiger partial charge is 0.317 e. The summed E-state index contributed by atoms with van der Waals surface area (Å²) >= 11 is 0. The molecule has 0 bridgehead atoms. The summed E-state index contributed by atoms with van der Waals surface area (Å²) in [5.41, 5.74) is -0.626. The molecule has 1 aliphatic rings. The molecule has 0 saturated carbocycles. The summed E-state index contributed by atoms with van der Waals surface area (Å²) in [5.74, 6) is 0.659. The van der Waals surface area contributed by atoms with Crippen LogP contribution >= 0.6 is 0 Å². The third-order valence-electron chi connectivity index (χ3n) is 3.86. The SMILES string of the molecule is Cn1nccc1NC(=O)C1(n2cccn2)CCNCC1. The Bertz CT molecular complexity index is 582. The lowest BCUT2D eigenvalue weighted by Crippen LogP contribution is -2.52. The lowest BCUT2D eigenvalue weighted by molar-refractivity contribution is -0.126. The van der Waals surface area contributed by atoms with Crippen LogP contribution in [-0.4, -0.2) is 38.6 Å².